The fraction of sp³-hybridized carbons (Fsp3) is 0.375. The van der Waals surface area contributed by atoms with E-state index in [4.69, 9.17) is 5.11 Å². The molecule has 1 rings (SSSR count). The maximum atomic E-state index is 10.1. The van der Waals surface area contributed by atoms with E-state index in [1.807, 2.05) is 6.92 Å². The van der Waals surface area contributed by atoms with Crippen LogP contribution in [-0.2, 0) is 9.63 Å². The molecule has 1 aromatic rings. The molecule has 6 heteroatoms. The molecule has 0 aliphatic carbocycles. The second-order valence-corrected chi connectivity index (χ2v) is 3.47. The lowest BCUT2D eigenvalue weighted by Gasteiger charge is -1.97. The van der Waals surface area contributed by atoms with Crippen LogP contribution in [-0.4, -0.2) is 28.4 Å². The van der Waals surface area contributed by atoms with Crippen LogP contribution in [0.1, 0.15) is 17.5 Å². The van der Waals surface area contributed by atoms with Crippen molar-refractivity contribution in [3.05, 3.63) is 16.1 Å². The Kier molecular flexibility index (Phi) is 3.58. The van der Waals surface area contributed by atoms with E-state index in [1.165, 1.54) is 11.3 Å². The van der Waals surface area contributed by atoms with Gasteiger partial charge in [0.25, 0.3) is 0 Å². The summed E-state index contributed by atoms with van der Waals surface area (Å²) >= 11 is 1.45. The lowest BCUT2D eigenvalue weighted by Crippen LogP contribution is -2.05. The van der Waals surface area contributed by atoms with Gasteiger partial charge in [0, 0.05) is 0 Å². The number of hydrogen-bond donors (Lipinski definition) is 1. The maximum absolute atomic E-state index is 10.1. The Bertz CT molecular complexity index is 359. The monoisotopic (exact) mass is 214 g/mol. The van der Waals surface area contributed by atoms with Crippen LogP contribution in [0.5, 0.6) is 0 Å². The van der Waals surface area contributed by atoms with E-state index in [-0.39, 0.29) is 0 Å². The molecule has 0 fully saturated rings. The van der Waals surface area contributed by atoms with Gasteiger partial charge in [-0.1, -0.05) is 5.16 Å². The highest BCUT2D eigenvalue weighted by Crippen LogP contribution is 2.13. The van der Waals surface area contributed by atoms with Crippen molar-refractivity contribution in [2.45, 2.75) is 13.8 Å². The van der Waals surface area contributed by atoms with Crippen LogP contribution in [0.3, 0.4) is 0 Å². The SMILES string of the molecule is C/C(=N\OCC(=O)O)c1scnc1C. The molecule has 0 saturated heterocycles. The van der Waals surface area contributed by atoms with Gasteiger partial charge >= 0.3 is 5.97 Å². The van der Waals surface area contributed by atoms with Crippen LogP contribution in [0.25, 0.3) is 0 Å². The summed E-state index contributed by atoms with van der Waals surface area (Å²) < 4.78 is 0. The smallest absolute Gasteiger partial charge is 0.344 e. The lowest BCUT2D eigenvalue weighted by atomic mass is 10.3. The number of hydrogen-bond acceptors (Lipinski definition) is 5. The largest absolute Gasteiger partial charge is 0.479 e. The summed E-state index contributed by atoms with van der Waals surface area (Å²) in [4.78, 5) is 19.7. The molecule has 0 saturated carbocycles. The van der Waals surface area contributed by atoms with Crippen molar-refractivity contribution in [2.24, 2.45) is 5.16 Å². The van der Waals surface area contributed by atoms with E-state index in [0.717, 1.165) is 10.6 Å². The summed E-state index contributed by atoms with van der Waals surface area (Å²) in [6.07, 6.45) is 0. The standard InChI is InChI=1S/C8H10N2O3S/c1-5-8(14-4-9-5)6(2)10-13-3-7(11)12/h4H,3H2,1-2H3,(H,11,12)/b10-6+. The van der Waals surface area contributed by atoms with Gasteiger partial charge in [-0.15, -0.1) is 11.3 Å². The zero-order chi connectivity index (χ0) is 10.6. The summed E-state index contributed by atoms with van der Waals surface area (Å²) in [6.45, 7) is 3.19. The summed E-state index contributed by atoms with van der Waals surface area (Å²) in [6, 6.07) is 0. The first kappa shape index (κ1) is 10.6. The van der Waals surface area contributed by atoms with E-state index in [9.17, 15) is 4.79 Å². The van der Waals surface area contributed by atoms with Gasteiger partial charge in [-0.25, -0.2) is 9.78 Å². The quantitative estimate of drug-likeness (QED) is 0.605. The average Bonchev–Trinajstić information content (AvgIpc) is 2.50. The van der Waals surface area contributed by atoms with Crippen LogP contribution in [0.2, 0.25) is 0 Å². The number of aryl methyl sites for hydroxylation is 1. The molecule has 0 amide bonds. The number of aromatic nitrogens is 1. The molecule has 0 bridgehead atoms. The number of carbonyl (C=O) groups is 1. The summed E-state index contributed by atoms with van der Waals surface area (Å²) in [7, 11) is 0. The zero-order valence-corrected chi connectivity index (χ0v) is 8.67. The van der Waals surface area contributed by atoms with E-state index >= 15 is 0 Å². The fourth-order valence-corrected chi connectivity index (χ4v) is 1.62. The molecule has 76 valence electrons. The highest BCUT2D eigenvalue weighted by Gasteiger charge is 2.05. The molecule has 0 unspecified atom stereocenters. The minimum atomic E-state index is -1.04. The van der Waals surface area contributed by atoms with Gasteiger partial charge in [-0.05, 0) is 13.8 Å². The maximum Gasteiger partial charge on any atom is 0.344 e. The molecule has 14 heavy (non-hydrogen) atoms. The molecule has 0 spiro atoms. The van der Waals surface area contributed by atoms with Crippen molar-refractivity contribution < 1.29 is 14.7 Å². The zero-order valence-electron chi connectivity index (χ0n) is 7.85. The van der Waals surface area contributed by atoms with Crippen molar-refractivity contribution in [3.63, 3.8) is 0 Å². The summed E-state index contributed by atoms with van der Waals surface area (Å²) in [5.74, 6) is -1.04. The highest BCUT2D eigenvalue weighted by atomic mass is 32.1. The van der Waals surface area contributed by atoms with Crippen LogP contribution in [0, 0.1) is 6.92 Å². The normalized spacial score (nSPS) is 11.4. The van der Waals surface area contributed by atoms with Gasteiger partial charge in [-0.3, -0.25) is 0 Å². The molecule has 1 aromatic heterocycles. The number of thiazole rings is 1. The number of carboxylic acids is 1. The number of oxime groups is 1. The molecule has 0 atom stereocenters. The van der Waals surface area contributed by atoms with Gasteiger partial charge in [-0.2, -0.15) is 0 Å². The van der Waals surface area contributed by atoms with Crippen LogP contribution < -0.4 is 0 Å². The Morgan fingerprint density at radius 3 is 3.00 bits per heavy atom. The molecule has 0 aliphatic rings. The molecular formula is C8H10N2O3S. The third kappa shape index (κ3) is 2.81. The highest BCUT2D eigenvalue weighted by molar-refractivity contribution is 7.12. The minimum absolute atomic E-state index is 0.421. The number of nitrogens with zero attached hydrogens (tertiary/aromatic N) is 2. The predicted molar refractivity (Wildman–Crippen MR) is 52.6 cm³/mol. The number of rotatable bonds is 4. The fourth-order valence-electron chi connectivity index (χ4n) is 0.875. The van der Waals surface area contributed by atoms with Gasteiger partial charge < -0.3 is 9.94 Å². The molecule has 1 heterocycles. The molecule has 0 aromatic carbocycles. The Hall–Kier alpha value is -1.43. The second-order valence-electron chi connectivity index (χ2n) is 2.61. The van der Waals surface area contributed by atoms with Gasteiger partial charge in [0.15, 0.2) is 0 Å². The minimum Gasteiger partial charge on any atom is -0.479 e. The van der Waals surface area contributed by atoms with Crippen molar-refractivity contribution in [3.8, 4) is 0 Å². The number of carboxylic acid groups (broad SMARTS) is 1. The third-order valence-corrected chi connectivity index (χ3v) is 2.50. The molecular weight excluding hydrogens is 204 g/mol. The first-order valence-corrected chi connectivity index (χ1v) is 4.78. The summed E-state index contributed by atoms with van der Waals surface area (Å²) in [5, 5.41) is 12.0. The van der Waals surface area contributed by atoms with Gasteiger partial charge in [0.2, 0.25) is 6.61 Å². The Morgan fingerprint density at radius 1 is 1.79 bits per heavy atom. The second kappa shape index (κ2) is 4.71. The van der Waals surface area contributed by atoms with E-state index < -0.39 is 12.6 Å². The van der Waals surface area contributed by atoms with E-state index in [0.29, 0.717) is 5.71 Å². The van der Waals surface area contributed by atoms with Gasteiger partial charge in [0.1, 0.15) is 0 Å². The molecule has 0 radical (unpaired) electrons. The van der Waals surface area contributed by atoms with Crippen molar-refractivity contribution in [2.75, 3.05) is 6.61 Å². The number of aliphatic carboxylic acids is 1. The van der Waals surface area contributed by atoms with Crippen LogP contribution in [0.4, 0.5) is 0 Å². The average molecular weight is 214 g/mol. The van der Waals surface area contributed by atoms with Crippen LogP contribution in [0.15, 0.2) is 10.7 Å². The van der Waals surface area contributed by atoms with Crippen molar-refractivity contribution in [1.82, 2.24) is 4.98 Å². The Morgan fingerprint density at radius 2 is 2.50 bits per heavy atom. The van der Waals surface area contributed by atoms with Gasteiger partial charge in [0.05, 0.1) is 21.8 Å². The lowest BCUT2D eigenvalue weighted by molar-refractivity contribution is -0.142. The first-order valence-electron chi connectivity index (χ1n) is 3.90. The first-order chi connectivity index (χ1) is 6.61. The third-order valence-electron chi connectivity index (χ3n) is 1.46. The molecule has 5 nitrogen and oxygen atoms in total. The van der Waals surface area contributed by atoms with Crippen LogP contribution >= 0.6 is 11.3 Å². The van der Waals surface area contributed by atoms with E-state index in [1.54, 1.807) is 12.4 Å². The molecule has 1 N–H and O–H groups in total. The van der Waals surface area contributed by atoms with E-state index in [2.05, 4.69) is 15.0 Å². The van der Waals surface area contributed by atoms with Crippen molar-refractivity contribution >= 4 is 23.0 Å². The van der Waals surface area contributed by atoms with Crippen molar-refractivity contribution in [1.29, 1.82) is 0 Å². The topological polar surface area (TPSA) is 71.8 Å². The summed E-state index contributed by atoms with van der Waals surface area (Å²) in [5.41, 5.74) is 3.22. The Balaban J connectivity index is 2.61. The Labute approximate surface area is 85.0 Å². The predicted octanol–water partition coefficient (Wildman–Crippen LogP) is 1.28. The molecule has 0 aliphatic heterocycles.